The van der Waals surface area contributed by atoms with Crippen molar-refractivity contribution in [3.05, 3.63) is 38.6 Å². The molecule has 0 aliphatic rings. The van der Waals surface area contributed by atoms with Crippen LogP contribution in [0.2, 0.25) is 0 Å². The third-order valence-corrected chi connectivity index (χ3v) is 3.75. The number of thiophene rings is 1. The second-order valence-electron chi connectivity index (χ2n) is 4.40. The third-order valence-electron chi connectivity index (χ3n) is 2.48. The fraction of sp³-hybridized carbons (Fsp3) is 0.429. The Morgan fingerprint density at radius 2 is 1.73 bits per heavy atom. The fourth-order valence-corrected chi connectivity index (χ4v) is 2.83. The highest BCUT2D eigenvalue weighted by molar-refractivity contribution is 7.13. The minimum absolute atomic E-state index is 1.36. The molecule has 1 heterocycles. The van der Waals surface area contributed by atoms with Gasteiger partial charge >= 0.3 is 0 Å². The number of rotatable bonds is 2. The molecule has 0 radical (unpaired) electrons. The summed E-state index contributed by atoms with van der Waals surface area (Å²) in [5.41, 5.74) is 5.54. The summed E-state index contributed by atoms with van der Waals surface area (Å²) in [6, 6.07) is 2.26. The van der Waals surface area contributed by atoms with Crippen LogP contribution in [0.4, 0.5) is 0 Å². The van der Waals surface area contributed by atoms with Gasteiger partial charge in [0.25, 0.3) is 0 Å². The van der Waals surface area contributed by atoms with Crippen molar-refractivity contribution in [1.82, 2.24) is 0 Å². The fourth-order valence-electron chi connectivity index (χ4n) is 1.73. The summed E-state index contributed by atoms with van der Waals surface area (Å²) in [6.07, 6.45) is 2.25. The second kappa shape index (κ2) is 4.80. The summed E-state index contributed by atoms with van der Waals surface area (Å²) < 4.78 is 0. The maximum absolute atomic E-state index is 2.26. The molecule has 1 aromatic heterocycles. The van der Waals surface area contributed by atoms with Crippen LogP contribution in [-0.2, 0) is 0 Å². The van der Waals surface area contributed by atoms with Crippen LogP contribution in [0.1, 0.15) is 43.0 Å². The van der Waals surface area contributed by atoms with E-state index in [0.717, 1.165) is 0 Å². The van der Waals surface area contributed by atoms with Crippen molar-refractivity contribution in [3.8, 4) is 0 Å². The van der Waals surface area contributed by atoms with E-state index in [1.165, 1.54) is 32.0 Å². The van der Waals surface area contributed by atoms with Crippen molar-refractivity contribution < 1.29 is 0 Å². The van der Waals surface area contributed by atoms with Gasteiger partial charge in [0.2, 0.25) is 0 Å². The molecular weight excluding hydrogens is 200 g/mol. The van der Waals surface area contributed by atoms with Gasteiger partial charge in [-0.15, -0.1) is 11.3 Å². The highest BCUT2D eigenvalue weighted by Crippen LogP contribution is 2.30. The number of aryl methyl sites for hydroxylation is 2. The van der Waals surface area contributed by atoms with Gasteiger partial charge in [-0.05, 0) is 64.3 Å². The van der Waals surface area contributed by atoms with Crippen molar-refractivity contribution in [2.45, 2.75) is 41.5 Å². The summed E-state index contributed by atoms with van der Waals surface area (Å²) >= 11 is 1.89. The molecule has 0 spiro atoms. The first-order valence-electron chi connectivity index (χ1n) is 5.31. The number of hydrogen-bond acceptors (Lipinski definition) is 1. The molecule has 0 N–H and O–H groups in total. The van der Waals surface area contributed by atoms with Crippen molar-refractivity contribution in [2.75, 3.05) is 0 Å². The second-order valence-corrected chi connectivity index (χ2v) is 5.66. The molecule has 1 heteroatoms. The predicted octanol–water partition coefficient (Wildman–Crippen LogP) is 5.12. The number of allylic oxidation sites excluding steroid dienone is 4. The van der Waals surface area contributed by atoms with E-state index in [2.05, 4.69) is 53.7 Å². The molecule has 0 aliphatic carbocycles. The molecule has 0 atom stereocenters. The van der Waals surface area contributed by atoms with Gasteiger partial charge in [-0.25, -0.2) is 0 Å². The molecule has 0 saturated heterocycles. The Morgan fingerprint density at radius 3 is 2.13 bits per heavy atom. The van der Waals surface area contributed by atoms with Crippen LogP contribution in [0.3, 0.4) is 0 Å². The minimum Gasteiger partial charge on any atom is -0.141 e. The van der Waals surface area contributed by atoms with Gasteiger partial charge in [0.15, 0.2) is 0 Å². The minimum atomic E-state index is 1.36. The van der Waals surface area contributed by atoms with Crippen molar-refractivity contribution in [3.63, 3.8) is 0 Å². The molecule has 0 aromatic carbocycles. The number of hydrogen-bond donors (Lipinski definition) is 0. The summed E-state index contributed by atoms with van der Waals surface area (Å²) in [5, 5.41) is 0. The molecule has 0 nitrogen and oxygen atoms in total. The van der Waals surface area contributed by atoms with E-state index >= 15 is 0 Å². The maximum atomic E-state index is 2.26. The van der Waals surface area contributed by atoms with E-state index in [9.17, 15) is 0 Å². The van der Waals surface area contributed by atoms with Crippen molar-refractivity contribution in [2.24, 2.45) is 0 Å². The van der Waals surface area contributed by atoms with E-state index < -0.39 is 0 Å². The van der Waals surface area contributed by atoms with Gasteiger partial charge < -0.3 is 0 Å². The van der Waals surface area contributed by atoms with Gasteiger partial charge in [-0.1, -0.05) is 11.6 Å². The lowest BCUT2D eigenvalue weighted by molar-refractivity contribution is 1.34. The lowest BCUT2D eigenvalue weighted by Gasteiger charge is -2.04. The van der Waals surface area contributed by atoms with E-state index in [4.69, 9.17) is 0 Å². The average molecular weight is 220 g/mol. The van der Waals surface area contributed by atoms with Gasteiger partial charge in [0.05, 0.1) is 0 Å². The van der Waals surface area contributed by atoms with Crippen LogP contribution in [0.25, 0.3) is 5.57 Å². The molecule has 0 fully saturated rings. The zero-order chi connectivity index (χ0) is 11.6. The highest BCUT2D eigenvalue weighted by atomic mass is 32.1. The largest absolute Gasteiger partial charge is 0.141 e. The summed E-state index contributed by atoms with van der Waals surface area (Å²) in [7, 11) is 0. The third kappa shape index (κ3) is 3.07. The first kappa shape index (κ1) is 12.3. The Kier molecular flexibility index (Phi) is 3.92. The van der Waals surface area contributed by atoms with E-state index in [1.54, 1.807) is 0 Å². The molecular formula is C14H20S. The lowest BCUT2D eigenvalue weighted by atomic mass is 10.1. The van der Waals surface area contributed by atoms with E-state index in [1.807, 2.05) is 11.3 Å². The van der Waals surface area contributed by atoms with Crippen LogP contribution in [0.15, 0.2) is 23.3 Å². The summed E-state index contributed by atoms with van der Waals surface area (Å²) in [4.78, 5) is 2.83. The molecule has 1 rings (SSSR count). The zero-order valence-corrected chi connectivity index (χ0v) is 11.4. The van der Waals surface area contributed by atoms with Crippen LogP contribution >= 0.6 is 11.3 Å². The normalized spacial score (nSPS) is 12.4. The molecule has 0 aliphatic heterocycles. The van der Waals surface area contributed by atoms with Gasteiger partial charge in [-0.3, -0.25) is 0 Å². The SMILES string of the molecule is CC(C)=C/C(C)=C(\C)c1sc(C)cc1C. The molecule has 0 amide bonds. The van der Waals surface area contributed by atoms with Gasteiger partial charge in [-0.2, -0.15) is 0 Å². The highest BCUT2D eigenvalue weighted by Gasteiger charge is 2.06. The quantitative estimate of drug-likeness (QED) is 0.606. The molecule has 0 unspecified atom stereocenters. The maximum Gasteiger partial charge on any atom is 0.0334 e. The first-order chi connectivity index (χ1) is 6.91. The Hall–Kier alpha value is -0.820. The Bertz CT molecular complexity index is 413. The zero-order valence-electron chi connectivity index (χ0n) is 10.6. The van der Waals surface area contributed by atoms with Crippen molar-refractivity contribution in [1.29, 1.82) is 0 Å². The molecule has 0 bridgehead atoms. The topological polar surface area (TPSA) is 0 Å². The Morgan fingerprint density at radius 1 is 1.13 bits per heavy atom. The van der Waals surface area contributed by atoms with Crippen LogP contribution in [0.5, 0.6) is 0 Å². The van der Waals surface area contributed by atoms with Gasteiger partial charge in [0, 0.05) is 9.75 Å². The Labute approximate surface area is 97.3 Å². The molecule has 82 valence electrons. The monoisotopic (exact) mass is 220 g/mol. The molecule has 0 saturated carbocycles. The molecule has 15 heavy (non-hydrogen) atoms. The van der Waals surface area contributed by atoms with Crippen LogP contribution in [-0.4, -0.2) is 0 Å². The first-order valence-corrected chi connectivity index (χ1v) is 6.13. The molecule has 1 aromatic rings. The van der Waals surface area contributed by atoms with Gasteiger partial charge in [0.1, 0.15) is 0 Å². The average Bonchev–Trinajstić information content (AvgIpc) is 2.42. The Balaban J connectivity index is 3.18. The van der Waals surface area contributed by atoms with Crippen molar-refractivity contribution >= 4 is 16.9 Å². The van der Waals surface area contributed by atoms with E-state index in [-0.39, 0.29) is 0 Å². The van der Waals surface area contributed by atoms with E-state index in [0.29, 0.717) is 0 Å². The summed E-state index contributed by atoms with van der Waals surface area (Å²) in [6.45, 7) is 13.1. The smallest absolute Gasteiger partial charge is 0.0334 e. The summed E-state index contributed by atoms with van der Waals surface area (Å²) in [5.74, 6) is 0. The van der Waals surface area contributed by atoms with Crippen LogP contribution in [0, 0.1) is 13.8 Å². The predicted molar refractivity (Wildman–Crippen MR) is 71.5 cm³/mol. The lowest BCUT2D eigenvalue weighted by Crippen LogP contribution is -1.82. The van der Waals surface area contributed by atoms with Crippen LogP contribution < -0.4 is 0 Å². The standard InChI is InChI=1S/C14H20S/c1-9(2)7-10(3)13(6)14-11(4)8-12(5)15-14/h7-8H,1-6H3/b13-10+.